The summed E-state index contributed by atoms with van der Waals surface area (Å²) in [5, 5.41) is 3.59. The van der Waals surface area contributed by atoms with Crippen molar-refractivity contribution in [2.45, 2.75) is 37.3 Å². The molecule has 1 unspecified atom stereocenters. The summed E-state index contributed by atoms with van der Waals surface area (Å²) in [4.78, 5) is 13.5. The fourth-order valence-corrected chi connectivity index (χ4v) is 3.12. The first-order chi connectivity index (χ1) is 10.5. The van der Waals surface area contributed by atoms with Gasteiger partial charge in [0.2, 0.25) is 5.91 Å². The number of hydrogen-bond acceptors (Lipinski definition) is 2. The molecule has 0 aliphatic heterocycles. The molecule has 2 nitrogen and oxygen atoms in total. The number of halogens is 1. The molecule has 116 valence electrons. The van der Waals surface area contributed by atoms with Gasteiger partial charge in [-0.1, -0.05) is 24.6 Å². The van der Waals surface area contributed by atoms with Crippen molar-refractivity contribution in [3.05, 3.63) is 58.6 Å². The number of benzene rings is 2. The zero-order valence-electron chi connectivity index (χ0n) is 13.0. The minimum absolute atomic E-state index is 0.0331. The first-order valence-electron chi connectivity index (χ1n) is 7.30. The highest BCUT2D eigenvalue weighted by molar-refractivity contribution is 8.00. The molecule has 0 aliphatic rings. The maximum absolute atomic E-state index is 12.5. The van der Waals surface area contributed by atoms with Gasteiger partial charge in [0.25, 0.3) is 0 Å². The Morgan fingerprint density at radius 1 is 1.14 bits per heavy atom. The van der Waals surface area contributed by atoms with Crippen molar-refractivity contribution in [3.63, 3.8) is 0 Å². The molecule has 0 fully saturated rings. The quantitative estimate of drug-likeness (QED) is 0.735. The molecule has 0 aromatic heterocycles. The van der Waals surface area contributed by atoms with Gasteiger partial charge in [0.1, 0.15) is 0 Å². The van der Waals surface area contributed by atoms with Crippen LogP contribution in [0.3, 0.4) is 0 Å². The number of nitrogens with one attached hydrogen (secondary N) is 1. The van der Waals surface area contributed by atoms with Crippen molar-refractivity contribution in [2.24, 2.45) is 0 Å². The molecule has 1 amide bonds. The largest absolute Gasteiger partial charge is 0.325 e. The van der Waals surface area contributed by atoms with E-state index in [9.17, 15) is 4.79 Å². The van der Waals surface area contributed by atoms with E-state index in [1.165, 1.54) is 11.1 Å². The van der Waals surface area contributed by atoms with Gasteiger partial charge < -0.3 is 5.32 Å². The summed E-state index contributed by atoms with van der Waals surface area (Å²) in [6.45, 7) is 6.13. The Labute approximate surface area is 141 Å². The molecule has 0 saturated carbocycles. The molecule has 0 heterocycles. The highest BCUT2D eigenvalue weighted by atomic mass is 35.5. The molecular weight excluding hydrogens is 314 g/mol. The van der Waals surface area contributed by atoms with Crippen LogP contribution < -0.4 is 5.32 Å². The van der Waals surface area contributed by atoms with Gasteiger partial charge in [0, 0.05) is 15.6 Å². The lowest BCUT2D eigenvalue weighted by molar-refractivity contribution is -0.115. The maximum atomic E-state index is 12.5. The summed E-state index contributed by atoms with van der Waals surface area (Å²) in [6.07, 6.45) is 0.768. The van der Waals surface area contributed by atoms with E-state index in [2.05, 4.69) is 12.2 Å². The van der Waals surface area contributed by atoms with Crippen LogP contribution in [0.25, 0.3) is 0 Å². The maximum Gasteiger partial charge on any atom is 0.237 e. The lowest BCUT2D eigenvalue weighted by Crippen LogP contribution is -2.24. The molecular formula is C18H20ClNOS. The van der Waals surface area contributed by atoms with Crippen molar-refractivity contribution < 1.29 is 4.79 Å². The summed E-state index contributed by atoms with van der Waals surface area (Å²) in [5.74, 6) is 0.0331. The van der Waals surface area contributed by atoms with Gasteiger partial charge in [-0.05, 0) is 67.8 Å². The van der Waals surface area contributed by atoms with Crippen LogP contribution >= 0.6 is 23.4 Å². The first-order valence-corrected chi connectivity index (χ1v) is 8.55. The number of rotatable bonds is 5. The van der Waals surface area contributed by atoms with Crippen molar-refractivity contribution >= 4 is 35.0 Å². The molecule has 2 rings (SSSR count). The molecule has 1 atom stereocenters. The van der Waals surface area contributed by atoms with Crippen LogP contribution in [-0.4, -0.2) is 11.2 Å². The van der Waals surface area contributed by atoms with E-state index in [-0.39, 0.29) is 11.2 Å². The number of aryl methyl sites for hydroxylation is 2. The minimum Gasteiger partial charge on any atom is -0.325 e. The third-order valence-corrected chi connectivity index (χ3v) is 5.16. The molecule has 22 heavy (non-hydrogen) atoms. The van der Waals surface area contributed by atoms with E-state index in [1.54, 1.807) is 11.8 Å². The second kappa shape index (κ2) is 7.70. The topological polar surface area (TPSA) is 29.1 Å². The van der Waals surface area contributed by atoms with E-state index in [0.717, 1.165) is 17.0 Å². The zero-order valence-corrected chi connectivity index (χ0v) is 14.6. The highest BCUT2D eigenvalue weighted by Crippen LogP contribution is 2.27. The highest BCUT2D eigenvalue weighted by Gasteiger charge is 2.18. The predicted molar refractivity (Wildman–Crippen MR) is 95.9 cm³/mol. The Morgan fingerprint density at radius 3 is 2.41 bits per heavy atom. The third kappa shape index (κ3) is 4.52. The van der Waals surface area contributed by atoms with E-state index < -0.39 is 0 Å². The number of carbonyl (C=O) groups is 1. The summed E-state index contributed by atoms with van der Waals surface area (Å²) in [7, 11) is 0. The van der Waals surface area contributed by atoms with Gasteiger partial charge in [0.15, 0.2) is 0 Å². The smallest absolute Gasteiger partial charge is 0.237 e. The fourth-order valence-electron chi connectivity index (χ4n) is 2.04. The van der Waals surface area contributed by atoms with Crippen LogP contribution in [-0.2, 0) is 4.79 Å². The van der Waals surface area contributed by atoms with Gasteiger partial charge >= 0.3 is 0 Å². The standard InChI is InChI=1S/C18H20ClNOS/c1-4-17(22-16-9-6-14(19)7-10-16)18(21)20-15-8-5-12(2)13(3)11-15/h5-11,17H,4H2,1-3H3,(H,20,21). The number of anilines is 1. The van der Waals surface area contributed by atoms with Crippen LogP contribution in [0.1, 0.15) is 24.5 Å². The monoisotopic (exact) mass is 333 g/mol. The van der Waals surface area contributed by atoms with Crippen molar-refractivity contribution in [2.75, 3.05) is 5.32 Å². The summed E-state index contributed by atoms with van der Waals surface area (Å²) in [5.41, 5.74) is 3.25. The molecule has 1 N–H and O–H groups in total. The van der Waals surface area contributed by atoms with Gasteiger partial charge in [0.05, 0.1) is 5.25 Å². The minimum atomic E-state index is -0.122. The number of thioether (sulfide) groups is 1. The van der Waals surface area contributed by atoms with Gasteiger partial charge in [-0.25, -0.2) is 0 Å². The van der Waals surface area contributed by atoms with E-state index in [1.807, 2.05) is 56.3 Å². The van der Waals surface area contributed by atoms with Crippen LogP contribution in [0.2, 0.25) is 5.02 Å². The molecule has 0 spiro atoms. The molecule has 0 aliphatic carbocycles. The summed E-state index contributed by atoms with van der Waals surface area (Å²) < 4.78 is 0. The zero-order chi connectivity index (χ0) is 16.1. The van der Waals surface area contributed by atoms with Crippen LogP contribution in [0.4, 0.5) is 5.69 Å². The van der Waals surface area contributed by atoms with Gasteiger partial charge in [-0.15, -0.1) is 11.8 Å². The third-order valence-electron chi connectivity index (χ3n) is 3.53. The van der Waals surface area contributed by atoms with Crippen molar-refractivity contribution in [3.8, 4) is 0 Å². The normalized spacial score (nSPS) is 12.0. The van der Waals surface area contributed by atoms with E-state index >= 15 is 0 Å². The van der Waals surface area contributed by atoms with Crippen molar-refractivity contribution in [1.29, 1.82) is 0 Å². The Morgan fingerprint density at radius 2 is 1.82 bits per heavy atom. The SMILES string of the molecule is CCC(Sc1ccc(Cl)cc1)C(=O)Nc1ccc(C)c(C)c1. The Bertz CT molecular complexity index is 655. The number of amides is 1. The molecule has 0 radical (unpaired) electrons. The second-order valence-corrected chi connectivity index (χ2v) is 6.97. The number of carbonyl (C=O) groups excluding carboxylic acids is 1. The molecule has 4 heteroatoms. The lowest BCUT2D eigenvalue weighted by Gasteiger charge is -2.15. The van der Waals surface area contributed by atoms with Crippen LogP contribution in [0, 0.1) is 13.8 Å². The summed E-state index contributed by atoms with van der Waals surface area (Å²) >= 11 is 7.45. The number of hydrogen-bond donors (Lipinski definition) is 1. The van der Waals surface area contributed by atoms with Crippen LogP contribution in [0.5, 0.6) is 0 Å². The first kappa shape index (κ1) is 16.9. The van der Waals surface area contributed by atoms with E-state index in [0.29, 0.717) is 5.02 Å². The predicted octanol–water partition coefficient (Wildman–Crippen LogP) is 5.47. The average molecular weight is 334 g/mol. The Kier molecular flexibility index (Phi) is 5.92. The van der Waals surface area contributed by atoms with Crippen LogP contribution in [0.15, 0.2) is 47.4 Å². The van der Waals surface area contributed by atoms with Gasteiger partial charge in [-0.3, -0.25) is 4.79 Å². The molecule has 0 bridgehead atoms. The fraction of sp³-hybridized carbons (Fsp3) is 0.278. The van der Waals surface area contributed by atoms with E-state index in [4.69, 9.17) is 11.6 Å². The molecule has 2 aromatic rings. The second-order valence-electron chi connectivity index (χ2n) is 5.26. The molecule has 2 aromatic carbocycles. The summed E-state index contributed by atoms with van der Waals surface area (Å²) in [6, 6.07) is 13.6. The Balaban J connectivity index is 2.04. The molecule has 0 saturated heterocycles. The lowest BCUT2D eigenvalue weighted by atomic mass is 10.1. The Hall–Kier alpha value is -1.45. The van der Waals surface area contributed by atoms with Gasteiger partial charge in [-0.2, -0.15) is 0 Å². The average Bonchev–Trinajstić information content (AvgIpc) is 2.50. The van der Waals surface area contributed by atoms with Crippen molar-refractivity contribution in [1.82, 2.24) is 0 Å².